The van der Waals surface area contributed by atoms with E-state index < -0.39 is 5.54 Å². The molecule has 2 nitrogen and oxygen atoms in total. The fourth-order valence-electron chi connectivity index (χ4n) is 2.64. The van der Waals surface area contributed by atoms with E-state index in [-0.39, 0.29) is 6.61 Å². The van der Waals surface area contributed by atoms with E-state index in [1.54, 1.807) is 0 Å². The van der Waals surface area contributed by atoms with E-state index in [9.17, 15) is 5.11 Å². The van der Waals surface area contributed by atoms with Crippen LogP contribution in [0.1, 0.15) is 69.9 Å². The van der Waals surface area contributed by atoms with Crippen molar-refractivity contribution in [2.45, 2.75) is 77.2 Å². The van der Waals surface area contributed by atoms with Crippen molar-refractivity contribution in [2.75, 3.05) is 6.61 Å². The SMILES string of the molecule is CCCCCCCCc1ccccc1CCC(C)(N)CO. The Labute approximate surface area is 130 Å². The molecule has 0 saturated carbocycles. The topological polar surface area (TPSA) is 46.2 Å². The molecule has 0 aliphatic rings. The van der Waals surface area contributed by atoms with Crippen molar-refractivity contribution in [3.05, 3.63) is 35.4 Å². The average molecular weight is 291 g/mol. The van der Waals surface area contributed by atoms with Crippen LogP contribution in [0.15, 0.2) is 24.3 Å². The summed E-state index contributed by atoms with van der Waals surface area (Å²) in [5.74, 6) is 0. The molecule has 0 saturated heterocycles. The monoisotopic (exact) mass is 291 g/mol. The number of rotatable bonds is 11. The third-order valence-electron chi connectivity index (χ3n) is 4.24. The van der Waals surface area contributed by atoms with Crippen molar-refractivity contribution in [1.82, 2.24) is 0 Å². The Morgan fingerprint density at radius 3 is 2.14 bits per heavy atom. The van der Waals surface area contributed by atoms with Crippen LogP contribution in [0.25, 0.3) is 0 Å². The second-order valence-corrected chi connectivity index (χ2v) is 6.60. The van der Waals surface area contributed by atoms with Gasteiger partial charge < -0.3 is 10.8 Å². The predicted octanol–water partition coefficient (Wildman–Crippen LogP) is 4.23. The minimum absolute atomic E-state index is 0.0482. The van der Waals surface area contributed by atoms with Crippen molar-refractivity contribution in [1.29, 1.82) is 0 Å². The van der Waals surface area contributed by atoms with Crippen molar-refractivity contribution >= 4 is 0 Å². The van der Waals surface area contributed by atoms with Crippen molar-refractivity contribution in [2.24, 2.45) is 5.73 Å². The Kier molecular flexibility index (Phi) is 8.63. The van der Waals surface area contributed by atoms with Crippen LogP contribution in [0.3, 0.4) is 0 Å². The summed E-state index contributed by atoms with van der Waals surface area (Å²) < 4.78 is 0. The average Bonchev–Trinajstić information content (AvgIpc) is 2.50. The van der Waals surface area contributed by atoms with Crippen molar-refractivity contribution < 1.29 is 5.11 Å². The van der Waals surface area contributed by atoms with Gasteiger partial charge in [0.1, 0.15) is 0 Å². The maximum atomic E-state index is 9.26. The molecule has 0 aliphatic heterocycles. The Morgan fingerprint density at radius 2 is 1.52 bits per heavy atom. The van der Waals surface area contributed by atoms with E-state index in [2.05, 4.69) is 31.2 Å². The summed E-state index contributed by atoms with van der Waals surface area (Å²) in [6.07, 6.45) is 11.0. The first-order valence-electron chi connectivity index (χ1n) is 8.55. The molecule has 1 aromatic carbocycles. The third kappa shape index (κ3) is 7.63. The van der Waals surface area contributed by atoms with E-state index in [1.165, 1.54) is 56.1 Å². The molecule has 0 spiro atoms. The van der Waals surface area contributed by atoms with Crippen LogP contribution >= 0.6 is 0 Å². The molecule has 3 N–H and O–H groups in total. The molecule has 120 valence electrons. The fourth-order valence-corrected chi connectivity index (χ4v) is 2.64. The Bertz CT molecular complexity index is 387. The highest BCUT2D eigenvalue weighted by molar-refractivity contribution is 5.27. The Hall–Kier alpha value is -0.860. The molecule has 0 aromatic heterocycles. The van der Waals surface area contributed by atoms with Gasteiger partial charge in [-0.1, -0.05) is 63.3 Å². The van der Waals surface area contributed by atoms with Crippen LogP contribution in [-0.4, -0.2) is 17.3 Å². The molecular weight excluding hydrogens is 258 g/mol. The van der Waals surface area contributed by atoms with E-state index in [4.69, 9.17) is 5.73 Å². The molecule has 0 bridgehead atoms. The van der Waals surface area contributed by atoms with Gasteiger partial charge in [0.2, 0.25) is 0 Å². The maximum Gasteiger partial charge on any atom is 0.0608 e. The molecule has 2 heteroatoms. The minimum Gasteiger partial charge on any atom is -0.394 e. The van der Waals surface area contributed by atoms with Crippen LogP contribution in [0.5, 0.6) is 0 Å². The van der Waals surface area contributed by atoms with E-state index in [0.29, 0.717) is 0 Å². The van der Waals surface area contributed by atoms with Crippen molar-refractivity contribution in [3.8, 4) is 0 Å². The smallest absolute Gasteiger partial charge is 0.0608 e. The summed E-state index contributed by atoms with van der Waals surface area (Å²) in [6.45, 7) is 4.23. The molecule has 0 fully saturated rings. The summed E-state index contributed by atoms with van der Waals surface area (Å²) in [5, 5.41) is 9.26. The number of hydrogen-bond acceptors (Lipinski definition) is 2. The highest BCUT2D eigenvalue weighted by Crippen LogP contribution is 2.18. The number of unbranched alkanes of at least 4 members (excludes halogenated alkanes) is 5. The normalized spacial score (nSPS) is 14.1. The van der Waals surface area contributed by atoms with Crippen LogP contribution < -0.4 is 5.73 Å². The van der Waals surface area contributed by atoms with Gasteiger partial charge in [-0.05, 0) is 43.7 Å². The molecule has 0 heterocycles. The molecule has 0 aliphatic carbocycles. The highest BCUT2D eigenvalue weighted by atomic mass is 16.3. The molecule has 1 atom stereocenters. The molecule has 21 heavy (non-hydrogen) atoms. The quantitative estimate of drug-likeness (QED) is 0.599. The minimum atomic E-state index is -0.465. The summed E-state index contributed by atoms with van der Waals surface area (Å²) in [4.78, 5) is 0. The Balaban J connectivity index is 2.40. The largest absolute Gasteiger partial charge is 0.394 e. The lowest BCUT2D eigenvalue weighted by Crippen LogP contribution is -2.40. The van der Waals surface area contributed by atoms with Crippen LogP contribution in [0.2, 0.25) is 0 Å². The first-order chi connectivity index (χ1) is 10.1. The van der Waals surface area contributed by atoms with Gasteiger partial charge in [0, 0.05) is 5.54 Å². The lowest BCUT2D eigenvalue weighted by Gasteiger charge is -2.22. The summed E-state index contributed by atoms with van der Waals surface area (Å²) in [6, 6.07) is 8.69. The molecule has 0 radical (unpaired) electrons. The highest BCUT2D eigenvalue weighted by Gasteiger charge is 2.17. The molecule has 1 rings (SSSR count). The number of benzene rings is 1. The lowest BCUT2D eigenvalue weighted by atomic mass is 9.91. The summed E-state index contributed by atoms with van der Waals surface area (Å²) in [7, 11) is 0. The van der Waals surface area contributed by atoms with E-state index in [0.717, 1.165) is 12.8 Å². The zero-order valence-corrected chi connectivity index (χ0v) is 13.9. The van der Waals surface area contributed by atoms with Gasteiger partial charge >= 0.3 is 0 Å². The predicted molar refractivity (Wildman–Crippen MR) is 91.5 cm³/mol. The number of aliphatic hydroxyl groups excluding tert-OH is 1. The zero-order valence-electron chi connectivity index (χ0n) is 13.9. The third-order valence-corrected chi connectivity index (χ3v) is 4.24. The molecular formula is C19H33NO. The first-order valence-corrected chi connectivity index (χ1v) is 8.55. The van der Waals surface area contributed by atoms with Gasteiger partial charge in [-0.3, -0.25) is 0 Å². The second-order valence-electron chi connectivity index (χ2n) is 6.60. The lowest BCUT2D eigenvalue weighted by molar-refractivity contribution is 0.200. The number of hydrogen-bond donors (Lipinski definition) is 2. The van der Waals surface area contributed by atoms with Crippen LogP contribution in [0, 0.1) is 0 Å². The fraction of sp³-hybridized carbons (Fsp3) is 0.684. The van der Waals surface area contributed by atoms with Gasteiger partial charge in [-0.2, -0.15) is 0 Å². The number of nitrogens with two attached hydrogens (primary N) is 1. The standard InChI is InChI=1S/C19H33NO/c1-3-4-5-6-7-8-11-17-12-9-10-13-18(17)14-15-19(2,20)16-21/h9-10,12-13,21H,3-8,11,14-16,20H2,1-2H3. The van der Waals surface area contributed by atoms with Crippen molar-refractivity contribution in [3.63, 3.8) is 0 Å². The summed E-state index contributed by atoms with van der Waals surface area (Å²) >= 11 is 0. The first kappa shape index (κ1) is 18.2. The molecule has 1 unspecified atom stereocenters. The van der Waals surface area contributed by atoms with Gasteiger partial charge in [0.15, 0.2) is 0 Å². The van der Waals surface area contributed by atoms with Gasteiger partial charge in [0.25, 0.3) is 0 Å². The zero-order chi connectivity index (χ0) is 15.6. The van der Waals surface area contributed by atoms with Crippen LogP contribution in [-0.2, 0) is 12.8 Å². The second kappa shape index (κ2) is 9.97. The molecule has 1 aromatic rings. The van der Waals surface area contributed by atoms with Crippen LogP contribution in [0.4, 0.5) is 0 Å². The summed E-state index contributed by atoms with van der Waals surface area (Å²) in [5.41, 5.74) is 8.43. The van der Waals surface area contributed by atoms with Gasteiger partial charge in [-0.15, -0.1) is 0 Å². The van der Waals surface area contributed by atoms with Gasteiger partial charge in [0.05, 0.1) is 6.61 Å². The Morgan fingerprint density at radius 1 is 0.952 bits per heavy atom. The molecule has 0 amide bonds. The maximum absolute atomic E-state index is 9.26. The van der Waals surface area contributed by atoms with E-state index >= 15 is 0 Å². The van der Waals surface area contributed by atoms with E-state index in [1.807, 2.05) is 6.92 Å². The number of aliphatic hydroxyl groups is 1. The number of aryl methyl sites for hydroxylation is 2. The van der Waals surface area contributed by atoms with Gasteiger partial charge in [-0.25, -0.2) is 0 Å².